The van der Waals surface area contributed by atoms with Gasteiger partial charge in [0.05, 0.1) is 0 Å². The molecule has 1 N–H and O–H groups in total. The lowest BCUT2D eigenvalue weighted by Gasteiger charge is -2.37. The Hall–Kier alpha value is -1.85. The van der Waals surface area contributed by atoms with Gasteiger partial charge in [0, 0.05) is 44.2 Å². The van der Waals surface area contributed by atoms with Crippen LogP contribution in [-0.4, -0.2) is 53.0 Å². The minimum absolute atomic E-state index is 0.245. The van der Waals surface area contributed by atoms with Crippen LogP contribution >= 0.6 is 0 Å². The summed E-state index contributed by atoms with van der Waals surface area (Å²) in [6, 6.07) is 0.472. The fourth-order valence-electron chi connectivity index (χ4n) is 3.09. The average molecular weight is 289 g/mol. The lowest BCUT2D eigenvalue weighted by Crippen LogP contribution is -2.49. The molecule has 1 aromatic heterocycles. The van der Waals surface area contributed by atoms with Crippen molar-refractivity contribution in [3.63, 3.8) is 0 Å². The summed E-state index contributed by atoms with van der Waals surface area (Å²) in [5, 5.41) is 3.43. The van der Waals surface area contributed by atoms with Crippen LogP contribution in [-0.2, 0) is 11.2 Å². The maximum absolute atomic E-state index is 11.8. The molecule has 1 aromatic rings. The van der Waals surface area contributed by atoms with E-state index in [-0.39, 0.29) is 5.91 Å². The zero-order valence-electron chi connectivity index (χ0n) is 12.8. The van der Waals surface area contributed by atoms with Crippen molar-refractivity contribution in [2.45, 2.75) is 39.2 Å². The summed E-state index contributed by atoms with van der Waals surface area (Å²) in [7, 11) is 0. The predicted octanol–water partition coefficient (Wildman–Crippen LogP) is 1.28. The molecular weight excluding hydrogens is 266 g/mol. The second kappa shape index (κ2) is 5.87. The first-order valence-corrected chi connectivity index (χ1v) is 7.82. The normalized spacial score (nSPS) is 21.7. The van der Waals surface area contributed by atoms with Gasteiger partial charge in [-0.05, 0) is 19.8 Å². The number of hydrogen-bond acceptors (Lipinski definition) is 5. The summed E-state index contributed by atoms with van der Waals surface area (Å²) in [6.07, 6.45) is 4.36. The summed E-state index contributed by atoms with van der Waals surface area (Å²) in [6.45, 7) is 7.38. The molecule has 0 radical (unpaired) electrons. The van der Waals surface area contributed by atoms with Gasteiger partial charge in [-0.1, -0.05) is 6.92 Å². The molecule has 3 heterocycles. The Bertz CT molecular complexity index is 525. The highest BCUT2D eigenvalue weighted by Crippen LogP contribution is 2.30. The SMILES string of the molecule is CCC(=O)N1CCN(c2ncnc3c2CCC(C)N3)CC1. The molecule has 1 unspecified atom stereocenters. The number of amides is 1. The zero-order valence-corrected chi connectivity index (χ0v) is 12.8. The monoisotopic (exact) mass is 289 g/mol. The lowest BCUT2D eigenvalue weighted by molar-refractivity contribution is -0.131. The Labute approximate surface area is 125 Å². The van der Waals surface area contributed by atoms with E-state index < -0.39 is 0 Å². The molecule has 3 rings (SSSR count). The van der Waals surface area contributed by atoms with Gasteiger partial charge in [-0.15, -0.1) is 0 Å². The van der Waals surface area contributed by atoms with Crippen molar-refractivity contribution in [2.24, 2.45) is 0 Å². The molecule has 0 aromatic carbocycles. The highest BCUT2D eigenvalue weighted by Gasteiger charge is 2.26. The number of nitrogens with one attached hydrogen (secondary N) is 1. The second-order valence-corrected chi connectivity index (χ2v) is 5.83. The van der Waals surface area contributed by atoms with Gasteiger partial charge in [0.25, 0.3) is 0 Å². The van der Waals surface area contributed by atoms with Crippen LogP contribution in [0.15, 0.2) is 6.33 Å². The van der Waals surface area contributed by atoms with Crippen molar-refractivity contribution in [3.05, 3.63) is 11.9 Å². The third-order valence-electron chi connectivity index (χ3n) is 4.37. The molecular formula is C15H23N5O. The van der Waals surface area contributed by atoms with Crippen LogP contribution in [0.3, 0.4) is 0 Å². The van der Waals surface area contributed by atoms with E-state index in [2.05, 4.69) is 27.1 Å². The highest BCUT2D eigenvalue weighted by molar-refractivity contribution is 5.76. The zero-order chi connectivity index (χ0) is 14.8. The number of hydrogen-bond donors (Lipinski definition) is 1. The van der Waals surface area contributed by atoms with E-state index in [1.807, 2.05) is 11.8 Å². The fourth-order valence-corrected chi connectivity index (χ4v) is 3.09. The molecule has 6 heteroatoms. The van der Waals surface area contributed by atoms with Crippen molar-refractivity contribution in [1.82, 2.24) is 14.9 Å². The Morgan fingerprint density at radius 3 is 2.81 bits per heavy atom. The summed E-state index contributed by atoms with van der Waals surface area (Å²) in [5.41, 5.74) is 1.23. The van der Waals surface area contributed by atoms with Crippen molar-refractivity contribution in [1.29, 1.82) is 0 Å². The van der Waals surface area contributed by atoms with Gasteiger partial charge in [0.1, 0.15) is 18.0 Å². The quantitative estimate of drug-likeness (QED) is 0.889. The molecule has 0 aliphatic carbocycles. The molecule has 2 aliphatic heterocycles. The maximum atomic E-state index is 11.8. The van der Waals surface area contributed by atoms with E-state index in [4.69, 9.17) is 0 Å². The number of fused-ring (bicyclic) bond motifs is 1. The van der Waals surface area contributed by atoms with Crippen LogP contribution in [0.1, 0.15) is 32.3 Å². The van der Waals surface area contributed by atoms with Gasteiger partial charge in [-0.25, -0.2) is 9.97 Å². The van der Waals surface area contributed by atoms with E-state index >= 15 is 0 Å². The Morgan fingerprint density at radius 2 is 2.10 bits per heavy atom. The first-order valence-electron chi connectivity index (χ1n) is 7.82. The molecule has 1 atom stereocenters. The Kier molecular flexibility index (Phi) is 3.94. The third kappa shape index (κ3) is 2.80. The number of piperazine rings is 1. The number of carbonyl (C=O) groups excluding carboxylic acids is 1. The summed E-state index contributed by atoms with van der Waals surface area (Å²) >= 11 is 0. The van der Waals surface area contributed by atoms with E-state index in [0.717, 1.165) is 50.7 Å². The number of aromatic nitrogens is 2. The molecule has 21 heavy (non-hydrogen) atoms. The average Bonchev–Trinajstić information content (AvgIpc) is 2.53. The largest absolute Gasteiger partial charge is 0.367 e. The predicted molar refractivity (Wildman–Crippen MR) is 82.5 cm³/mol. The summed E-state index contributed by atoms with van der Waals surface area (Å²) in [5.74, 6) is 2.27. The Morgan fingerprint density at radius 1 is 1.33 bits per heavy atom. The summed E-state index contributed by atoms with van der Waals surface area (Å²) in [4.78, 5) is 24.9. The van der Waals surface area contributed by atoms with Gasteiger partial charge in [0.2, 0.25) is 5.91 Å². The topological polar surface area (TPSA) is 61.4 Å². The minimum atomic E-state index is 0.245. The molecule has 0 saturated carbocycles. The van der Waals surface area contributed by atoms with Gasteiger partial charge < -0.3 is 15.1 Å². The van der Waals surface area contributed by atoms with Gasteiger partial charge in [0.15, 0.2) is 0 Å². The first kappa shape index (κ1) is 14.1. The lowest BCUT2D eigenvalue weighted by atomic mass is 10.0. The fraction of sp³-hybridized carbons (Fsp3) is 0.667. The number of rotatable bonds is 2. The maximum Gasteiger partial charge on any atom is 0.222 e. The second-order valence-electron chi connectivity index (χ2n) is 5.83. The molecule has 2 aliphatic rings. The van der Waals surface area contributed by atoms with Crippen LogP contribution < -0.4 is 10.2 Å². The number of nitrogens with zero attached hydrogens (tertiary/aromatic N) is 4. The molecule has 1 saturated heterocycles. The van der Waals surface area contributed by atoms with Crippen molar-refractivity contribution < 1.29 is 4.79 Å². The van der Waals surface area contributed by atoms with Crippen LogP contribution in [0.2, 0.25) is 0 Å². The molecule has 1 amide bonds. The number of carbonyl (C=O) groups is 1. The summed E-state index contributed by atoms with van der Waals surface area (Å²) < 4.78 is 0. The number of anilines is 2. The molecule has 0 bridgehead atoms. The standard InChI is InChI=1S/C15H23N5O/c1-3-13(21)19-6-8-20(9-7-19)15-12-5-4-11(2)18-14(12)16-10-17-15/h10-11H,3-9H2,1-2H3,(H,16,17,18). The highest BCUT2D eigenvalue weighted by atomic mass is 16.2. The molecule has 6 nitrogen and oxygen atoms in total. The van der Waals surface area contributed by atoms with Crippen molar-refractivity contribution in [3.8, 4) is 0 Å². The van der Waals surface area contributed by atoms with Crippen molar-refractivity contribution >= 4 is 17.5 Å². The van der Waals surface area contributed by atoms with Crippen LogP contribution in [0.5, 0.6) is 0 Å². The van der Waals surface area contributed by atoms with E-state index in [0.29, 0.717) is 12.5 Å². The minimum Gasteiger partial charge on any atom is -0.367 e. The van der Waals surface area contributed by atoms with Gasteiger partial charge in [-0.3, -0.25) is 4.79 Å². The van der Waals surface area contributed by atoms with Crippen LogP contribution in [0, 0.1) is 0 Å². The molecule has 114 valence electrons. The van der Waals surface area contributed by atoms with Gasteiger partial charge >= 0.3 is 0 Å². The van der Waals surface area contributed by atoms with E-state index in [9.17, 15) is 4.79 Å². The first-order chi connectivity index (χ1) is 10.2. The van der Waals surface area contributed by atoms with Crippen molar-refractivity contribution in [2.75, 3.05) is 36.4 Å². The van der Waals surface area contributed by atoms with Crippen LogP contribution in [0.4, 0.5) is 11.6 Å². The molecule has 1 fully saturated rings. The molecule has 0 spiro atoms. The van der Waals surface area contributed by atoms with Crippen LogP contribution in [0.25, 0.3) is 0 Å². The third-order valence-corrected chi connectivity index (χ3v) is 4.37. The van der Waals surface area contributed by atoms with E-state index in [1.54, 1.807) is 6.33 Å². The van der Waals surface area contributed by atoms with Gasteiger partial charge in [-0.2, -0.15) is 0 Å². The van der Waals surface area contributed by atoms with E-state index in [1.165, 1.54) is 5.56 Å². The Balaban J connectivity index is 1.74. The smallest absolute Gasteiger partial charge is 0.222 e.